The minimum atomic E-state index is -0.452. The zero-order chi connectivity index (χ0) is 17.4. The molecule has 0 bridgehead atoms. The SMILES string of the molecule is COCCn1cnnc1SCC(=O)Nc1cccc(C(=O)OC)c1. The predicted molar refractivity (Wildman–Crippen MR) is 89.0 cm³/mol. The molecule has 0 aliphatic carbocycles. The second-order valence-corrected chi connectivity index (χ2v) is 5.65. The van der Waals surface area contributed by atoms with Gasteiger partial charge in [-0.15, -0.1) is 10.2 Å². The van der Waals surface area contributed by atoms with Crippen LogP contribution < -0.4 is 5.32 Å². The first-order chi connectivity index (χ1) is 11.6. The van der Waals surface area contributed by atoms with Gasteiger partial charge in [0, 0.05) is 19.3 Å². The first kappa shape index (κ1) is 18.0. The van der Waals surface area contributed by atoms with E-state index >= 15 is 0 Å². The number of hydrogen-bond donors (Lipinski definition) is 1. The Labute approximate surface area is 143 Å². The number of nitrogens with one attached hydrogen (secondary N) is 1. The van der Waals surface area contributed by atoms with Gasteiger partial charge in [0.1, 0.15) is 6.33 Å². The van der Waals surface area contributed by atoms with Crippen molar-refractivity contribution in [2.24, 2.45) is 0 Å². The number of nitrogens with zero attached hydrogens (tertiary/aromatic N) is 3. The Hall–Kier alpha value is -2.39. The summed E-state index contributed by atoms with van der Waals surface area (Å²) in [4.78, 5) is 23.5. The van der Waals surface area contributed by atoms with Gasteiger partial charge in [0.15, 0.2) is 5.16 Å². The lowest BCUT2D eigenvalue weighted by Gasteiger charge is -2.07. The average molecular weight is 350 g/mol. The van der Waals surface area contributed by atoms with Gasteiger partial charge in [0.05, 0.1) is 25.0 Å². The van der Waals surface area contributed by atoms with Crippen molar-refractivity contribution in [1.29, 1.82) is 0 Å². The third-order valence-corrected chi connectivity index (χ3v) is 4.00. The predicted octanol–water partition coefficient (Wildman–Crippen LogP) is 1.44. The summed E-state index contributed by atoms with van der Waals surface area (Å²) in [5.74, 6) is -0.483. The second kappa shape index (κ2) is 9.04. The number of ether oxygens (including phenoxy) is 2. The summed E-state index contributed by atoms with van der Waals surface area (Å²) in [5.41, 5.74) is 0.909. The monoisotopic (exact) mass is 350 g/mol. The Morgan fingerprint density at radius 3 is 2.92 bits per heavy atom. The zero-order valence-corrected chi connectivity index (χ0v) is 14.2. The number of aromatic nitrogens is 3. The van der Waals surface area contributed by atoms with Crippen molar-refractivity contribution in [2.45, 2.75) is 11.7 Å². The molecule has 0 unspecified atom stereocenters. The molecule has 128 valence electrons. The lowest BCUT2D eigenvalue weighted by Crippen LogP contribution is -2.15. The minimum Gasteiger partial charge on any atom is -0.465 e. The number of anilines is 1. The molecule has 1 amide bonds. The van der Waals surface area contributed by atoms with E-state index in [9.17, 15) is 9.59 Å². The molecule has 9 heteroatoms. The number of carbonyl (C=O) groups excluding carboxylic acids is 2. The van der Waals surface area contributed by atoms with Gasteiger partial charge >= 0.3 is 5.97 Å². The maximum atomic E-state index is 12.1. The zero-order valence-electron chi connectivity index (χ0n) is 13.4. The van der Waals surface area contributed by atoms with Crippen LogP contribution in [-0.2, 0) is 20.8 Å². The standard InChI is InChI=1S/C15H18N4O4S/c1-22-7-6-19-10-16-18-15(19)24-9-13(20)17-12-5-3-4-11(8-12)14(21)23-2/h3-5,8,10H,6-7,9H2,1-2H3,(H,17,20). The first-order valence-corrected chi connectivity index (χ1v) is 8.10. The van der Waals surface area contributed by atoms with E-state index in [4.69, 9.17) is 4.74 Å². The van der Waals surface area contributed by atoms with Crippen molar-refractivity contribution in [3.8, 4) is 0 Å². The quantitative estimate of drug-likeness (QED) is 0.568. The van der Waals surface area contributed by atoms with Crippen molar-refractivity contribution in [3.05, 3.63) is 36.2 Å². The molecule has 0 radical (unpaired) electrons. The molecular formula is C15H18N4O4S. The number of methoxy groups -OCH3 is 2. The van der Waals surface area contributed by atoms with E-state index in [0.717, 1.165) is 0 Å². The van der Waals surface area contributed by atoms with E-state index in [0.29, 0.717) is 29.6 Å². The Kier molecular flexibility index (Phi) is 6.76. The van der Waals surface area contributed by atoms with E-state index in [2.05, 4.69) is 20.3 Å². The van der Waals surface area contributed by atoms with Crippen molar-refractivity contribution < 1.29 is 19.1 Å². The van der Waals surface area contributed by atoms with Crippen molar-refractivity contribution >= 4 is 29.3 Å². The van der Waals surface area contributed by atoms with Gasteiger partial charge in [-0.2, -0.15) is 0 Å². The number of rotatable bonds is 8. The highest BCUT2D eigenvalue weighted by Crippen LogP contribution is 2.16. The van der Waals surface area contributed by atoms with Crippen LogP contribution in [0.5, 0.6) is 0 Å². The van der Waals surface area contributed by atoms with Crippen LogP contribution in [0.3, 0.4) is 0 Å². The molecule has 0 atom stereocenters. The third kappa shape index (κ3) is 5.07. The Bertz CT molecular complexity index is 704. The van der Waals surface area contributed by atoms with E-state index < -0.39 is 5.97 Å². The molecule has 0 fully saturated rings. The fourth-order valence-electron chi connectivity index (χ4n) is 1.87. The highest BCUT2D eigenvalue weighted by atomic mass is 32.2. The van der Waals surface area contributed by atoms with Crippen LogP contribution in [0, 0.1) is 0 Å². The van der Waals surface area contributed by atoms with Gasteiger partial charge in [0.25, 0.3) is 0 Å². The first-order valence-electron chi connectivity index (χ1n) is 7.12. The van der Waals surface area contributed by atoms with Crippen molar-refractivity contribution in [2.75, 3.05) is 31.9 Å². The average Bonchev–Trinajstić information content (AvgIpc) is 3.05. The van der Waals surface area contributed by atoms with Crippen LogP contribution >= 0.6 is 11.8 Å². The summed E-state index contributed by atoms with van der Waals surface area (Å²) in [6.45, 7) is 1.16. The normalized spacial score (nSPS) is 10.4. The molecule has 0 saturated carbocycles. The van der Waals surface area contributed by atoms with Gasteiger partial charge in [0.2, 0.25) is 5.91 Å². The smallest absolute Gasteiger partial charge is 0.337 e. The molecule has 0 aliphatic rings. The number of benzene rings is 1. The highest BCUT2D eigenvalue weighted by molar-refractivity contribution is 7.99. The van der Waals surface area contributed by atoms with Crippen LogP contribution in [0.4, 0.5) is 5.69 Å². The summed E-state index contributed by atoms with van der Waals surface area (Å²) in [7, 11) is 2.93. The summed E-state index contributed by atoms with van der Waals surface area (Å²) < 4.78 is 11.5. The van der Waals surface area contributed by atoms with Gasteiger partial charge in [-0.1, -0.05) is 17.8 Å². The molecular weight excluding hydrogens is 332 g/mol. The number of thioether (sulfide) groups is 1. The van der Waals surface area contributed by atoms with Gasteiger partial charge in [-0.3, -0.25) is 4.79 Å². The highest BCUT2D eigenvalue weighted by Gasteiger charge is 2.10. The second-order valence-electron chi connectivity index (χ2n) is 4.71. The maximum absolute atomic E-state index is 12.1. The van der Waals surface area contributed by atoms with Crippen LogP contribution in [0.2, 0.25) is 0 Å². The molecule has 0 spiro atoms. The minimum absolute atomic E-state index is 0.175. The van der Waals surface area contributed by atoms with Crippen LogP contribution in [0.15, 0.2) is 35.7 Å². The fourth-order valence-corrected chi connectivity index (χ4v) is 2.61. The van der Waals surface area contributed by atoms with Crippen LogP contribution in [-0.4, -0.2) is 53.2 Å². The number of carbonyl (C=O) groups is 2. The largest absolute Gasteiger partial charge is 0.465 e. The Morgan fingerprint density at radius 1 is 1.33 bits per heavy atom. The molecule has 0 saturated heterocycles. The molecule has 2 rings (SSSR count). The molecule has 1 aromatic heterocycles. The lowest BCUT2D eigenvalue weighted by atomic mass is 10.2. The van der Waals surface area contributed by atoms with Gasteiger partial charge < -0.3 is 19.4 Å². The summed E-state index contributed by atoms with van der Waals surface area (Å²) >= 11 is 1.28. The van der Waals surface area contributed by atoms with E-state index in [-0.39, 0.29) is 11.7 Å². The van der Waals surface area contributed by atoms with Crippen LogP contribution in [0.1, 0.15) is 10.4 Å². The molecule has 8 nitrogen and oxygen atoms in total. The van der Waals surface area contributed by atoms with E-state index in [1.807, 2.05) is 4.57 Å². The molecule has 24 heavy (non-hydrogen) atoms. The third-order valence-electron chi connectivity index (χ3n) is 3.02. The maximum Gasteiger partial charge on any atom is 0.337 e. The lowest BCUT2D eigenvalue weighted by molar-refractivity contribution is -0.113. The molecule has 1 heterocycles. The molecule has 2 aromatic rings. The van der Waals surface area contributed by atoms with E-state index in [1.165, 1.54) is 18.9 Å². The van der Waals surface area contributed by atoms with Crippen molar-refractivity contribution in [1.82, 2.24) is 14.8 Å². The number of esters is 1. The summed E-state index contributed by atoms with van der Waals surface area (Å²) in [6, 6.07) is 6.57. The van der Waals surface area contributed by atoms with Crippen molar-refractivity contribution in [3.63, 3.8) is 0 Å². The van der Waals surface area contributed by atoms with Gasteiger partial charge in [-0.05, 0) is 18.2 Å². The Morgan fingerprint density at radius 2 is 2.17 bits per heavy atom. The molecule has 1 N–H and O–H groups in total. The topological polar surface area (TPSA) is 95.3 Å². The number of hydrogen-bond acceptors (Lipinski definition) is 7. The van der Waals surface area contributed by atoms with Gasteiger partial charge in [-0.25, -0.2) is 4.79 Å². The van der Waals surface area contributed by atoms with E-state index in [1.54, 1.807) is 37.7 Å². The van der Waals surface area contributed by atoms with Crippen LogP contribution in [0.25, 0.3) is 0 Å². The molecule has 0 aliphatic heterocycles. The fraction of sp³-hybridized carbons (Fsp3) is 0.333. The Balaban J connectivity index is 1.90. The summed E-state index contributed by atoms with van der Waals surface area (Å²) in [6.07, 6.45) is 1.60. The molecule has 1 aromatic carbocycles. The summed E-state index contributed by atoms with van der Waals surface area (Å²) in [5, 5.41) is 11.2. The number of amides is 1.